The lowest BCUT2D eigenvalue weighted by atomic mass is 10.1. The van der Waals surface area contributed by atoms with Gasteiger partial charge in [-0.05, 0) is 12.1 Å². The maximum absolute atomic E-state index is 11.3. The van der Waals surface area contributed by atoms with Crippen LogP contribution in [0.2, 0.25) is 5.02 Å². The van der Waals surface area contributed by atoms with Gasteiger partial charge in [0.15, 0.2) is 5.82 Å². The second kappa shape index (κ2) is 5.98. The number of hydrogen-bond acceptors (Lipinski definition) is 4. The minimum Gasteiger partial charge on any atom is -0.483 e. The second-order valence-corrected chi connectivity index (χ2v) is 4.07. The summed E-state index contributed by atoms with van der Waals surface area (Å²) in [5.41, 5.74) is 1.94. The molecule has 0 unspecified atom stereocenters. The highest BCUT2D eigenvalue weighted by atomic mass is 35.5. The number of nitrogens with zero attached hydrogens (tertiary/aromatic N) is 2. The molecule has 0 aliphatic carbocycles. The van der Waals surface area contributed by atoms with Gasteiger partial charge in [-0.15, -0.1) is 0 Å². The molecule has 7 nitrogen and oxygen atoms in total. The van der Waals surface area contributed by atoms with E-state index in [2.05, 4.69) is 19.9 Å². The summed E-state index contributed by atoms with van der Waals surface area (Å²) < 4.78 is 0. The van der Waals surface area contributed by atoms with Gasteiger partial charge in [0, 0.05) is 18.0 Å². The summed E-state index contributed by atoms with van der Waals surface area (Å²) in [7, 11) is 0. The summed E-state index contributed by atoms with van der Waals surface area (Å²) in [5, 5.41) is 7.36. The number of carbonyl (C=O) groups is 1. The molecule has 0 amide bonds. The average molecular weight is 293 g/mol. The molecule has 2 aromatic heterocycles. The molecule has 102 valence electrons. The number of para-hydroxylation sites is 1. The second-order valence-electron chi connectivity index (χ2n) is 3.64. The third kappa shape index (κ3) is 2.83. The van der Waals surface area contributed by atoms with E-state index in [0.717, 1.165) is 11.1 Å². The number of aromatic amines is 2. The molecule has 20 heavy (non-hydrogen) atoms. The SMILES string of the molecule is O=CO.O=c1[nH]c2cccc(-c3ncc(Cl)cn3)c2[nH]1. The van der Waals surface area contributed by atoms with Crippen molar-refractivity contribution in [1.29, 1.82) is 0 Å². The number of carboxylic acid groups (broad SMARTS) is 1. The molecule has 0 spiro atoms. The van der Waals surface area contributed by atoms with Gasteiger partial charge in [-0.1, -0.05) is 17.7 Å². The largest absolute Gasteiger partial charge is 0.483 e. The summed E-state index contributed by atoms with van der Waals surface area (Å²) >= 11 is 5.73. The molecule has 3 aromatic rings. The van der Waals surface area contributed by atoms with E-state index in [9.17, 15) is 4.79 Å². The van der Waals surface area contributed by atoms with E-state index in [-0.39, 0.29) is 12.2 Å². The van der Waals surface area contributed by atoms with Crippen LogP contribution in [0.15, 0.2) is 35.4 Å². The van der Waals surface area contributed by atoms with Gasteiger partial charge in [-0.25, -0.2) is 14.8 Å². The first-order valence-corrected chi connectivity index (χ1v) is 5.80. The Morgan fingerprint density at radius 1 is 1.20 bits per heavy atom. The summed E-state index contributed by atoms with van der Waals surface area (Å²) in [4.78, 5) is 33.3. The lowest BCUT2D eigenvalue weighted by molar-refractivity contribution is -0.122. The molecular formula is C12H9ClN4O3. The first-order valence-electron chi connectivity index (χ1n) is 5.42. The van der Waals surface area contributed by atoms with Crippen LogP contribution < -0.4 is 5.69 Å². The predicted octanol–water partition coefficient (Wildman–Crippen LogP) is 1.67. The molecule has 1 aromatic carbocycles. The van der Waals surface area contributed by atoms with Crippen molar-refractivity contribution in [3.8, 4) is 11.4 Å². The molecule has 0 aliphatic rings. The molecule has 0 fully saturated rings. The molecule has 3 rings (SSSR count). The highest BCUT2D eigenvalue weighted by Crippen LogP contribution is 2.22. The first kappa shape index (κ1) is 13.8. The van der Waals surface area contributed by atoms with Gasteiger partial charge in [-0.3, -0.25) is 4.79 Å². The van der Waals surface area contributed by atoms with Crippen molar-refractivity contribution < 1.29 is 9.90 Å². The fourth-order valence-corrected chi connectivity index (χ4v) is 1.79. The molecule has 0 atom stereocenters. The number of aromatic nitrogens is 4. The van der Waals surface area contributed by atoms with E-state index in [0.29, 0.717) is 16.4 Å². The van der Waals surface area contributed by atoms with Crippen molar-refractivity contribution in [3.63, 3.8) is 0 Å². The molecule has 0 bridgehead atoms. The number of imidazole rings is 1. The maximum Gasteiger partial charge on any atom is 0.323 e. The quantitative estimate of drug-likeness (QED) is 0.591. The zero-order chi connectivity index (χ0) is 14.5. The fourth-order valence-electron chi connectivity index (χ4n) is 1.70. The lowest BCUT2D eigenvalue weighted by Crippen LogP contribution is -1.99. The van der Waals surface area contributed by atoms with Crippen molar-refractivity contribution in [2.75, 3.05) is 0 Å². The van der Waals surface area contributed by atoms with E-state index < -0.39 is 0 Å². The summed E-state index contributed by atoms with van der Waals surface area (Å²) in [6.45, 7) is -0.250. The van der Waals surface area contributed by atoms with Crippen LogP contribution in [-0.2, 0) is 4.79 Å². The third-order valence-electron chi connectivity index (χ3n) is 2.41. The highest BCUT2D eigenvalue weighted by Gasteiger charge is 2.08. The number of benzene rings is 1. The van der Waals surface area contributed by atoms with Gasteiger partial charge in [0.1, 0.15) is 0 Å². The van der Waals surface area contributed by atoms with Crippen LogP contribution in [-0.4, -0.2) is 31.5 Å². The molecule has 0 saturated heterocycles. The van der Waals surface area contributed by atoms with Crippen LogP contribution in [0.1, 0.15) is 0 Å². The topological polar surface area (TPSA) is 112 Å². The number of rotatable bonds is 1. The van der Waals surface area contributed by atoms with Crippen LogP contribution in [0.3, 0.4) is 0 Å². The van der Waals surface area contributed by atoms with Crippen molar-refractivity contribution in [2.45, 2.75) is 0 Å². The number of hydrogen-bond donors (Lipinski definition) is 3. The van der Waals surface area contributed by atoms with Gasteiger partial charge >= 0.3 is 5.69 Å². The van der Waals surface area contributed by atoms with Crippen LogP contribution in [0, 0.1) is 0 Å². The van der Waals surface area contributed by atoms with Crippen LogP contribution in [0.4, 0.5) is 0 Å². The Hall–Kier alpha value is -2.67. The van der Waals surface area contributed by atoms with Crippen molar-refractivity contribution in [1.82, 2.24) is 19.9 Å². The highest BCUT2D eigenvalue weighted by molar-refractivity contribution is 6.30. The van der Waals surface area contributed by atoms with Crippen molar-refractivity contribution in [3.05, 3.63) is 46.1 Å². The van der Waals surface area contributed by atoms with Gasteiger partial charge < -0.3 is 15.1 Å². The summed E-state index contributed by atoms with van der Waals surface area (Å²) in [6, 6.07) is 5.49. The smallest absolute Gasteiger partial charge is 0.323 e. The molecule has 8 heteroatoms. The molecule has 0 saturated carbocycles. The fraction of sp³-hybridized carbons (Fsp3) is 0. The molecule has 0 radical (unpaired) electrons. The number of nitrogens with one attached hydrogen (secondary N) is 2. The van der Waals surface area contributed by atoms with Crippen LogP contribution in [0.5, 0.6) is 0 Å². The minimum absolute atomic E-state index is 0.249. The first-order chi connectivity index (χ1) is 9.65. The zero-order valence-corrected chi connectivity index (χ0v) is 10.8. The Balaban J connectivity index is 0.000000452. The number of H-pyrrole nitrogens is 2. The molecule has 0 aliphatic heterocycles. The normalized spacial score (nSPS) is 9.85. The van der Waals surface area contributed by atoms with Crippen molar-refractivity contribution in [2.24, 2.45) is 0 Å². The Morgan fingerprint density at radius 2 is 1.85 bits per heavy atom. The van der Waals surface area contributed by atoms with E-state index in [1.165, 1.54) is 12.4 Å². The standard InChI is InChI=1S/C11H7ClN4O.CH2O2/c12-6-4-13-10(14-5-6)7-2-1-3-8-9(7)16-11(17)15-8;2-1-3/h1-5H,(H2,15,16,17);1H,(H,2,3). The lowest BCUT2D eigenvalue weighted by Gasteiger charge is -2.00. The average Bonchev–Trinajstić information content (AvgIpc) is 2.80. The van der Waals surface area contributed by atoms with Gasteiger partial charge in [0.25, 0.3) is 6.47 Å². The number of halogens is 1. The number of fused-ring (bicyclic) bond motifs is 1. The minimum atomic E-state index is -0.250. The van der Waals surface area contributed by atoms with E-state index >= 15 is 0 Å². The molecule has 3 N–H and O–H groups in total. The van der Waals surface area contributed by atoms with Gasteiger partial charge in [0.2, 0.25) is 0 Å². The van der Waals surface area contributed by atoms with E-state index in [1.54, 1.807) is 0 Å². The Kier molecular flexibility index (Phi) is 4.11. The molecule has 2 heterocycles. The third-order valence-corrected chi connectivity index (χ3v) is 2.61. The van der Waals surface area contributed by atoms with Crippen LogP contribution in [0.25, 0.3) is 22.4 Å². The Bertz CT molecular complexity index is 779. The van der Waals surface area contributed by atoms with E-state index in [4.69, 9.17) is 21.5 Å². The van der Waals surface area contributed by atoms with Crippen LogP contribution >= 0.6 is 11.6 Å². The van der Waals surface area contributed by atoms with Gasteiger partial charge in [0.05, 0.1) is 16.1 Å². The summed E-state index contributed by atoms with van der Waals surface area (Å²) in [5.74, 6) is 0.523. The summed E-state index contributed by atoms with van der Waals surface area (Å²) in [6.07, 6.45) is 3.04. The Labute approximate surface area is 117 Å². The van der Waals surface area contributed by atoms with Crippen molar-refractivity contribution >= 4 is 29.1 Å². The monoisotopic (exact) mass is 292 g/mol. The molecular weight excluding hydrogens is 284 g/mol. The van der Waals surface area contributed by atoms with Gasteiger partial charge in [-0.2, -0.15) is 0 Å². The predicted molar refractivity (Wildman–Crippen MR) is 73.6 cm³/mol. The maximum atomic E-state index is 11.3. The Morgan fingerprint density at radius 3 is 2.50 bits per heavy atom. The zero-order valence-electron chi connectivity index (χ0n) is 10.0. The van der Waals surface area contributed by atoms with E-state index in [1.807, 2.05) is 18.2 Å².